The average molecular weight is 537 g/mol. The van der Waals surface area contributed by atoms with Crippen molar-refractivity contribution >= 4 is 12.3 Å². The third-order valence-electron chi connectivity index (χ3n) is 6.44. The van der Waals surface area contributed by atoms with Gasteiger partial charge in [-0.05, 0) is 56.6 Å². The molecule has 0 radical (unpaired) electrons. The number of esters is 1. The minimum Gasteiger partial charge on any atom is -0.453 e. The fourth-order valence-electron chi connectivity index (χ4n) is 4.18. The molecule has 9 heteroatoms. The summed E-state index contributed by atoms with van der Waals surface area (Å²) >= 11 is 0. The second-order valence-corrected chi connectivity index (χ2v) is 10.3. The lowest BCUT2D eigenvalue weighted by Gasteiger charge is -2.32. The molecule has 1 aliphatic carbocycles. The van der Waals surface area contributed by atoms with E-state index in [0.717, 1.165) is 24.5 Å². The molecule has 0 aliphatic heterocycles. The second-order valence-electron chi connectivity index (χ2n) is 10.3. The quantitative estimate of drug-likeness (QED) is 0.0916. The van der Waals surface area contributed by atoms with E-state index in [1.165, 1.54) is 17.6 Å². The third-order valence-corrected chi connectivity index (χ3v) is 6.44. The zero-order chi connectivity index (χ0) is 28.9. The van der Waals surface area contributed by atoms with Crippen LogP contribution in [-0.2, 0) is 19.1 Å². The van der Waals surface area contributed by atoms with Crippen molar-refractivity contribution in [2.45, 2.75) is 84.4 Å². The normalized spacial score (nSPS) is 20.9. The summed E-state index contributed by atoms with van der Waals surface area (Å²) in [5, 5.41) is 47.6. The number of carbonyl (C=O) groups is 2. The summed E-state index contributed by atoms with van der Waals surface area (Å²) in [6.07, 6.45) is 6.37. The van der Waals surface area contributed by atoms with E-state index >= 15 is 0 Å². The Kier molecular flexibility index (Phi) is 14.6. The molecule has 0 bridgehead atoms. The van der Waals surface area contributed by atoms with Crippen molar-refractivity contribution in [2.75, 3.05) is 19.8 Å². The largest absolute Gasteiger partial charge is 0.453 e. The first-order chi connectivity index (χ1) is 17.9. The van der Waals surface area contributed by atoms with E-state index in [9.17, 15) is 24.9 Å². The number of ether oxygens (including phenoxy) is 2. The lowest BCUT2D eigenvalue weighted by Crippen LogP contribution is -2.50. The monoisotopic (exact) mass is 536 g/mol. The van der Waals surface area contributed by atoms with Crippen molar-refractivity contribution in [3.8, 4) is 0 Å². The van der Waals surface area contributed by atoms with Crippen LogP contribution in [0.2, 0.25) is 0 Å². The highest BCUT2D eigenvalue weighted by molar-refractivity contribution is 5.83. The molecular formula is C29H44O9. The topological polar surface area (TPSA) is 154 Å². The van der Waals surface area contributed by atoms with Crippen LogP contribution >= 0.6 is 0 Å². The summed E-state index contributed by atoms with van der Waals surface area (Å²) < 4.78 is 10.3. The van der Waals surface area contributed by atoms with E-state index in [1.54, 1.807) is 19.1 Å². The van der Waals surface area contributed by atoms with Gasteiger partial charge in [-0.3, -0.25) is 0 Å². The molecule has 1 aliphatic rings. The standard InChI is InChI=1S/C29H44O9/c1-19(11-12-23-21(3)10-7-13-29(23,4)5)8-6-9-20(2)14-26(35)38-28(27(36)24(34)16-31)25(17-32)37-18-22(33)15-30/h6,8-9,11-12,14,17,22,24-25,27-28,30-31,33-34,36H,7,10,13,15-16,18H2,1-5H3/t22?,24-,25+,27-,28-/m1/s1. The van der Waals surface area contributed by atoms with Crippen LogP contribution < -0.4 is 0 Å². The van der Waals surface area contributed by atoms with Crippen LogP contribution in [0.3, 0.4) is 0 Å². The van der Waals surface area contributed by atoms with E-state index < -0.39 is 56.3 Å². The SMILES string of the molecule is CC(C=CC1=C(C)CCCC1(C)C)=CC=CC(C)=CC(=O)O[C@@H]([C@H](O)[C@H](O)CO)[C@H](C=O)OCC(O)CO. The minimum atomic E-state index is -1.85. The molecule has 9 nitrogen and oxygen atoms in total. The van der Waals surface area contributed by atoms with E-state index in [4.69, 9.17) is 19.7 Å². The highest BCUT2D eigenvalue weighted by Gasteiger charge is 2.36. The molecule has 0 spiro atoms. The Morgan fingerprint density at radius 2 is 1.76 bits per heavy atom. The van der Waals surface area contributed by atoms with Gasteiger partial charge in [-0.25, -0.2) is 4.79 Å². The smallest absolute Gasteiger partial charge is 0.331 e. The Morgan fingerprint density at radius 1 is 1.08 bits per heavy atom. The van der Waals surface area contributed by atoms with Crippen molar-refractivity contribution in [1.29, 1.82) is 0 Å². The van der Waals surface area contributed by atoms with Crippen LogP contribution in [-0.4, -0.2) is 88.1 Å². The highest BCUT2D eigenvalue weighted by atomic mass is 16.6. The number of hydrogen-bond donors (Lipinski definition) is 5. The maximum absolute atomic E-state index is 12.5. The van der Waals surface area contributed by atoms with Crippen LogP contribution in [0.25, 0.3) is 0 Å². The molecule has 0 aromatic carbocycles. The number of carbonyl (C=O) groups excluding carboxylic acids is 2. The van der Waals surface area contributed by atoms with E-state index in [2.05, 4.69) is 32.9 Å². The van der Waals surface area contributed by atoms with Crippen molar-refractivity contribution in [3.05, 3.63) is 58.7 Å². The molecule has 1 unspecified atom stereocenters. The lowest BCUT2D eigenvalue weighted by atomic mass is 9.72. The van der Waals surface area contributed by atoms with Crippen molar-refractivity contribution in [1.82, 2.24) is 0 Å². The van der Waals surface area contributed by atoms with Gasteiger partial charge in [0.1, 0.15) is 18.3 Å². The summed E-state index contributed by atoms with van der Waals surface area (Å²) in [4.78, 5) is 24.0. The Labute approximate surface area is 225 Å². The van der Waals surface area contributed by atoms with Gasteiger partial charge in [0.15, 0.2) is 18.5 Å². The fraction of sp³-hybridized carbons (Fsp3) is 0.586. The maximum atomic E-state index is 12.5. The summed E-state index contributed by atoms with van der Waals surface area (Å²) in [7, 11) is 0. The maximum Gasteiger partial charge on any atom is 0.331 e. The molecular weight excluding hydrogens is 492 g/mol. The summed E-state index contributed by atoms with van der Waals surface area (Å²) in [5.41, 5.74) is 4.48. The molecule has 38 heavy (non-hydrogen) atoms. The molecule has 0 fully saturated rings. The van der Waals surface area contributed by atoms with Crippen LogP contribution in [0.1, 0.15) is 53.9 Å². The van der Waals surface area contributed by atoms with Crippen LogP contribution in [0.5, 0.6) is 0 Å². The van der Waals surface area contributed by atoms with Gasteiger partial charge >= 0.3 is 5.97 Å². The van der Waals surface area contributed by atoms with E-state index in [0.29, 0.717) is 5.57 Å². The highest BCUT2D eigenvalue weighted by Crippen LogP contribution is 2.40. The van der Waals surface area contributed by atoms with Crippen molar-refractivity contribution in [3.63, 3.8) is 0 Å². The fourth-order valence-corrected chi connectivity index (χ4v) is 4.18. The van der Waals surface area contributed by atoms with Gasteiger partial charge in [-0.2, -0.15) is 0 Å². The molecule has 0 saturated heterocycles. The summed E-state index contributed by atoms with van der Waals surface area (Å²) in [5.74, 6) is -0.915. The Balaban J connectivity index is 2.92. The van der Waals surface area contributed by atoms with Crippen molar-refractivity contribution in [2.24, 2.45) is 5.41 Å². The molecule has 0 amide bonds. The molecule has 0 heterocycles. The van der Waals surface area contributed by atoms with Gasteiger partial charge in [0.25, 0.3) is 0 Å². The first kappa shape index (κ1) is 33.6. The lowest BCUT2D eigenvalue weighted by molar-refractivity contribution is -0.177. The molecule has 5 N–H and O–H groups in total. The summed E-state index contributed by atoms with van der Waals surface area (Å²) in [6, 6.07) is 0. The molecule has 0 saturated carbocycles. The predicted octanol–water partition coefficient (Wildman–Crippen LogP) is 2.08. The molecule has 0 aromatic heterocycles. The molecule has 5 atom stereocenters. The van der Waals surface area contributed by atoms with Gasteiger partial charge < -0.3 is 39.8 Å². The van der Waals surface area contributed by atoms with Gasteiger partial charge in [0.2, 0.25) is 0 Å². The number of aliphatic hydroxyl groups excluding tert-OH is 5. The van der Waals surface area contributed by atoms with Gasteiger partial charge in [0.05, 0.1) is 19.8 Å². The average Bonchev–Trinajstić information content (AvgIpc) is 2.86. The number of aldehydes is 1. The van der Waals surface area contributed by atoms with Crippen LogP contribution in [0.15, 0.2) is 58.7 Å². The predicted molar refractivity (Wildman–Crippen MR) is 144 cm³/mol. The number of aliphatic hydroxyl groups is 5. The number of hydrogen-bond acceptors (Lipinski definition) is 9. The summed E-state index contributed by atoms with van der Waals surface area (Å²) in [6.45, 7) is 8.37. The third kappa shape index (κ3) is 11.1. The van der Waals surface area contributed by atoms with Gasteiger partial charge in [-0.1, -0.05) is 55.4 Å². The van der Waals surface area contributed by atoms with Crippen LogP contribution in [0, 0.1) is 5.41 Å². The van der Waals surface area contributed by atoms with Crippen LogP contribution in [0.4, 0.5) is 0 Å². The Morgan fingerprint density at radius 3 is 2.34 bits per heavy atom. The second kappa shape index (κ2) is 16.5. The molecule has 214 valence electrons. The molecule has 1 rings (SSSR count). The van der Waals surface area contributed by atoms with Gasteiger partial charge in [-0.15, -0.1) is 0 Å². The Bertz CT molecular complexity index is 926. The first-order valence-corrected chi connectivity index (χ1v) is 12.8. The number of rotatable bonds is 15. The van der Waals surface area contributed by atoms with E-state index in [1.807, 2.05) is 13.0 Å². The zero-order valence-corrected chi connectivity index (χ0v) is 23.0. The Hall–Kier alpha value is -2.40. The number of allylic oxidation sites excluding steroid dienone is 9. The molecule has 0 aromatic rings. The zero-order valence-electron chi connectivity index (χ0n) is 23.0. The van der Waals surface area contributed by atoms with E-state index in [-0.39, 0.29) is 11.7 Å². The van der Waals surface area contributed by atoms with Crippen molar-refractivity contribution < 1.29 is 44.6 Å². The first-order valence-electron chi connectivity index (χ1n) is 12.8. The van der Waals surface area contributed by atoms with Gasteiger partial charge in [0, 0.05) is 6.08 Å². The minimum absolute atomic E-state index is 0.153.